The molecule has 2 unspecified atom stereocenters. The Morgan fingerprint density at radius 1 is 1.50 bits per heavy atom. The van der Waals surface area contributed by atoms with E-state index < -0.39 is 12.0 Å². The molecule has 1 heterocycles. The fourth-order valence-corrected chi connectivity index (χ4v) is 2.12. The molecule has 0 amide bonds. The van der Waals surface area contributed by atoms with E-state index >= 15 is 0 Å². The number of carboxylic acid groups (broad SMARTS) is 1. The fraction of sp³-hybridized carbons (Fsp3) is 0.900. The second-order valence-electron chi connectivity index (χ2n) is 4.44. The first-order valence-electron chi connectivity index (χ1n) is 5.39. The van der Waals surface area contributed by atoms with E-state index in [1.807, 2.05) is 0 Å². The second kappa shape index (κ2) is 3.87. The van der Waals surface area contributed by atoms with Gasteiger partial charge in [-0.25, -0.2) is 0 Å². The summed E-state index contributed by atoms with van der Waals surface area (Å²) in [6.07, 6.45) is 3.76. The minimum absolute atomic E-state index is 0.377. The van der Waals surface area contributed by atoms with E-state index in [0.717, 1.165) is 25.6 Å². The molecule has 2 aliphatic rings. The Morgan fingerprint density at radius 3 is 2.79 bits per heavy atom. The molecule has 2 N–H and O–H groups in total. The first-order valence-corrected chi connectivity index (χ1v) is 5.39. The molecule has 1 saturated heterocycles. The van der Waals surface area contributed by atoms with Gasteiger partial charge in [0.1, 0.15) is 6.04 Å². The lowest BCUT2D eigenvalue weighted by atomic mass is 10.2. The molecule has 0 aromatic carbocycles. The van der Waals surface area contributed by atoms with E-state index in [0.29, 0.717) is 6.04 Å². The van der Waals surface area contributed by atoms with Crippen molar-refractivity contribution in [3.8, 4) is 0 Å². The van der Waals surface area contributed by atoms with Crippen LogP contribution < -0.4 is 5.32 Å². The van der Waals surface area contributed by atoms with Gasteiger partial charge in [0.15, 0.2) is 0 Å². The summed E-state index contributed by atoms with van der Waals surface area (Å²) in [5.41, 5.74) is 0. The largest absolute Gasteiger partial charge is 0.480 e. The van der Waals surface area contributed by atoms with Gasteiger partial charge >= 0.3 is 5.97 Å². The zero-order valence-electron chi connectivity index (χ0n) is 8.57. The maximum absolute atomic E-state index is 10.6. The van der Waals surface area contributed by atoms with Crippen molar-refractivity contribution in [2.45, 2.75) is 44.3 Å². The Hall–Kier alpha value is -0.610. The van der Waals surface area contributed by atoms with Crippen LogP contribution in [0.5, 0.6) is 0 Å². The van der Waals surface area contributed by atoms with Gasteiger partial charge in [0.2, 0.25) is 0 Å². The van der Waals surface area contributed by atoms with Crippen molar-refractivity contribution >= 4 is 5.97 Å². The van der Waals surface area contributed by atoms with Crippen LogP contribution in [0.2, 0.25) is 0 Å². The third-order valence-corrected chi connectivity index (χ3v) is 3.14. The first kappa shape index (κ1) is 9.93. The summed E-state index contributed by atoms with van der Waals surface area (Å²) in [4.78, 5) is 13.1. The van der Waals surface area contributed by atoms with Gasteiger partial charge in [-0.15, -0.1) is 0 Å². The van der Waals surface area contributed by atoms with Gasteiger partial charge in [0.05, 0.1) is 0 Å². The molecule has 2 rings (SSSR count). The molecule has 2 fully saturated rings. The Labute approximate surface area is 84.3 Å². The van der Waals surface area contributed by atoms with Crippen molar-refractivity contribution in [3.63, 3.8) is 0 Å². The van der Waals surface area contributed by atoms with Crippen molar-refractivity contribution < 1.29 is 9.90 Å². The van der Waals surface area contributed by atoms with Gasteiger partial charge in [-0.1, -0.05) is 0 Å². The van der Waals surface area contributed by atoms with Crippen LogP contribution in [-0.4, -0.2) is 47.2 Å². The highest BCUT2D eigenvalue weighted by Crippen LogP contribution is 2.29. The van der Waals surface area contributed by atoms with Crippen LogP contribution in [0.15, 0.2) is 0 Å². The predicted molar refractivity (Wildman–Crippen MR) is 53.2 cm³/mol. The molecule has 4 nitrogen and oxygen atoms in total. The molecule has 0 spiro atoms. The molecule has 2 atom stereocenters. The monoisotopic (exact) mass is 198 g/mol. The summed E-state index contributed by atoms with van der Waals surface area (Å²) in [6, 6.07) is 0.766. The Kier molecular flexibility index (Phi) is 2.74. The highest BCUT2D eigenvalue weighted by Gasteiger charge is 2.34. The quantitative estimate of drug-likeness (QED) is 0.681. The van der Waals surface area contributed by atoms with Gasteiger partial charge in [-0.05, 0) is 26.2 Å². The van der Waals surface area contributed by atoms with Crippen LogP contribution in [0.25, 0.3) is 0 Å². The lowest BCUT2D eigenvalue weighted by molar-refractivity contribution is -0.139. The van der Waals surface area contributed by atoms with Crippen molar-refractivity contribution in [2.24, 2.45) is 0 Å². The van der Waals surface area contributed by atoms with Gasteiger partial charge in [-0.2, -0.15) is 0 Å². The van der Waals surface area contributed by atoms with Gasteiger partial charge < -0.3 is 10.4 Å². The van der Waals surface area contributed by atoms with E-state index in [2.05, 4.69) is 10.2 Å². The number of nitrogens with one attached hydrogen (secondary N) is 1. The molecule has 4 heteroatoms. The number of aliphatic carboxylic acids is 1. The van der Waals surface area contributed by atoms with Crippen LogP contribution in [0.1, 0.15) is 26.2 Å². The molecule has 0 bridgehead atoms. The smallest absolute Gasteiger partial charge is 0.320 e. The first-order chi connectivity index (χ1) is 6.66. The lowest BCUT2D eigenvalue weighted by Gasteiger charge is -2.17. The van der Waals surface area contributed by atoms with Gasteiger partial charge in [0.25, 0.3) is 0 Å². The predicted octanol–water partition coefficient (Wildman–Crippen LogP) is 0.286. The third kappa shape index (κ3) is 2.25. The topological polar surface area (TPSA) is 52.6 Å². The van der Waals surface area contributed by atoms with Crippen molar-refractivity contribution in [1.82, 2.24) is 10.2 Å². The molecular weight excluding hydrogens is 180 g/mol. The van der Waals surface area contributed by atoms with E-state index in [1.165, 1.54) is 12.8 Å². The molecule has 80 valence electrons. The van der Waals surface area contributed by atoms with Crippen molar-refractivity contribution in [3.05, 3.63) is 0 Å². The molecule has 0 aromatic heterocycles. The maximum Gasteiger partial charge on any atom is 0.320 e. The molecule has 1 aliphatic heterocycles. The average molecular weight is 198 g/mol. The summed E-state index contributed by atoms with van der Waals surface area (Å²) in [5.74, 6) is -0.755. The van der Waals surface area contributed by atoms with Gasteiger partial charge in [-0.3, -0.25) is 9.69 Å². The number of hydrogen-bond acceptors (Lipinski definition) is 3. The number of carboxylic acids is 1. The summed E-state index contributed by atoms with van der Waals surface area (Å²) < 4.78 is 0. The Balaban J connectivity index is 1.74. The van der Waals surface area contributed by atoms with Crippen LogP contribution in [0.3, 0.4) is 0 Å². The number of hydrogen-bond donors (Lipinski definition) is 2. The van der Waals surface area contributed by atoms with Crippen LogP contribution in [0, 0.1) is 0 Å². The number of nitrogens with zero attached hydrogens (tertiary/aromatic N) is 1. The molecular formula is C10H18N2O2. The molecule has 1 aliphatic carbocycles. The Bertz CT molecular complexity index is 228. The van der Waals surface area contributed by atoms with Crippen molar-refractivity contribution in [2.75, 3.05) is 13.1 Å². The molecule has 0 aromatic rings. The lowest BCUT2D eigenvalue weighted by Crippen LogP contribution is -2.42. The summed E-state index contributed by atoms with van der Waals surface area (Å²) in [6.45, 7) is 3.87. The van der Waals surface area contributed by atoms with Crippen LogP contribution >= 0.6 is 0 Å². The average Bonchev–Trinajstić information content (AvgIpc) is 2.88. The second-order valence-corrected chi connectivity index (χ2v) is 4.44. The highest BCUT2D eigenvalue weighted by atomic mass is 16.4. The van der Waals surface area contributed by atoms with E-state index in [1.54, 1.807) is 6.92 Å². The van der Waals surface area contributed by atoms with Crippen LogP contribution in [0.4, 0.5) is 0 Å². The molecule has 1 saturated carbocycles. The standard InChI is InChI=1S/C10H18N2O2/c1-7(10(13)14)11-8-4-5-12(6-8)9-2-3-9/h7-9,11H,2-6H2,1H3,(H,13,14). The zero-order chi connectivity index (χ0) is 10.1. The SMILES string of the molecule is CC(NC1CCN(C2CC2)C1)C(=O)O. The van der Waals surface area contributed by atoms with Crippen LogP contribution in [-0.2, 0) is 4.79 Å². The highest BCUT2D eigenvalue weighted by molar-refractivity contribution is 5.72. The van der Waals surface area contributed by atoms with Gasteiger partial charge in [0, 0.05) is 25.2 Å². The third-order valence-electron chi connectivity index (χ3n) is 3.14. The summed E-state index contributed by atoms with van der Waals surface area (Å²) >= 11 is 0. The van der Waals surface area contributed by atoms with E-state index in [4.69, 9.17) is 5.11 Å². The summed E-state index contributed by atoms with van der Waals surface area (Å²) in [7, 11) is 0. The van der Waals surface area contributed by atoms with Crippen molar-refractivity contribution in [1.29, 1.82) is 0 Å². The van der Waals surface area contributed by atoms with E-state index in [-0.39, 0.29) is 0 Å². The fourth-order valence-electron chi connectivity index (χ4n) is 2.12. The number of likely N-dealkylation sites (tertiary alicyclic amines) is 1. The maximum atomic E-state index is 10.6. The molecule has 14 heavy (non-hydrogen) atoms. The summed E-state index contributed by atoms with van der Waals surface area (Å²) in [5, 5.41) is 11.9. The minimum atomic E-state index is -0.755. The zero-order valence-corrected chi connectivity index (χ0v) is 8.57. The normalized spacial score (nSPS) is 30.5. The Morgan fingerprint density at radius 2 is 2.21 bits per heavy atom. The van der Waals surface area contributed by atoms with E-state index in [9.17, 15) is 4.79 Å². The number of carbonyl (C=O) groups is 1. The number of rotatable bonds is 4. The minimum Gasteiger partial charge on any atom is -0.480 e. The molecule has 0 radical (unpaired) electrons.